The van der Waals surface area contributed by atoms with Gasteiger partial charge in [-0.15, -0.1) is 0 Å². The van der Waals surface area contributed by atoms with Gasteiger partial charge in [0.1, 0.15) is 5.41 Å². The molecule has 2 fully saturated rings. The van der Waals surface area contributed by atoms with Crippen molar-refractivity contribution in [1.82, 2.24) is 0 Å². The normalized spacial score (nSPS) is 41.8. The zero-order valence-electron chi connectivity index (χ0n) is 6.93. The molecule has 1 saturated heterocycles. The van der Waals surface area contributed by atoms with Crippen LogP contribution in [0.5, 0.6) is 0 Å². The standard InChI is InChI=1S/C8H10F2O3/c9-8(10)4-7(8,6(11)12)5-1-2-13-3-5/h5H,1-4H2,(H,11,12). The minimum Gasteiger partial charge on any atom is -0.481 e. The summed E-state index contributed by atoms with van der Waals surface area (Å²) in [6, 6.07) is 0. The van der Waals surface area contributed by atoms with Crippen molar-refractivity contribution in [3.8, 4) is 0 Å². The third-order valence-electron chi connectivity index (χ3n) is 3.04. The van der Waals surface area contributed by atoms with Crippen molar-refractivity contribution < 1.29 is 23.4 Å². The van der Waals surface area contributed by atoms with E-state index in [4.69, 9.17) is 9.84 Å². The molecule has 13 heavy (non-hydrogen) atoms. The molecule has 74 valence electrons. The number of carboxylic acids is 1. The maximum absolute atomic E-state index is 12.9. The Balaban J connectivity index is 2.21. The molecule has 2 atom stereocenters. The lowest BCUT2D eigenvalue weighted by molar-refractivity contribution is -0.151. The monoisotopic (exact) mass is 192 g/mol. The summed E-state index contributed by atoms with van der Waals surface area (Å²) in [6.45, 7) is 0.553. The first-order valence-corrected chi connectivity index (χ1v) is 4.20. The van der Waals surface area contributed by atoms with Crippen LogP contribution in [-0.4, -0.2) is 30.2 Å². The molecule has 0 amide bonds. The van der Waals surface area contributed by atoms with Gasteiger partial charge in [-0.25, -0.2) is 8.78 Å². The van der Waals surface area contributed by atoms with Gasteiger partial charge in [-0.1, -0.05) is 0 Å². The van der Waals surface area contributed by atoms with E-state index in [-0.39, 0.29) is 6.61 Å². The summed E-state index contributed by atoms with van der Waals surface area (Å²) in [6.07, 6.45) is -0.0920. The third-order valence-corrected chi connectivity index (χ3v) is 3.04. The lowest BCUT2D eigenvalue weighted by atomic mass is 9.88. The lowest BCUT2D eigenvalue weighted by Crippen LogP contribution is -2.31. The molecule has 0 bridgehead atoms. The van der Waals surface area contributed by atoms with Crippen molar-refractivity contribution in [2.24, 2.45) is 11.3 Å². The molecular formula is C8H10F2O3. The second kappa shape index (κ2) is 2.41. The molecule has 0 radical (unpaired) electrons. The van der Waals surface area contributed by atoms with Crippen LogP contribution in [0.3, 0.4) is 0 Å². The largest absolute Gasteiger partial charge is 0.481 e. The van der Waals surface area contributed by atoms with Gasteiger partial charge in [0, 0.05) is 18.9 Å². The number of hydrogen-bond acceptors (Lipinski definition) is 2. The maximum Gasteiger partial charge on any atom is 0.316 e. The van der Waals surface area contributed by atoms with Crippen molar-refractivity contribution in [3.05, 3.63) is 0 Å². The highest BCUT2D eigenvalue weighted by atomic mass is 19.3. The molecule has 1 aliphatic heterocycles. The van der Waals surface area contributed by atoms with Crippen LogP contribution in [0.2, 0.25) is 0 Å². The van der Waals surface area contributed by atoms with Crippen LogP contribution in [-0.2, 0) is 9.53 Å². The second-order valence-corrected chi connectivity index (χ2v) is 3.72. The zero-order chi connectivity index (χ0) is 9.69. The van der Waals surface area contributed by atoms with Gasteiger partial charge in [0.15, 0.2) is 0 Å². The highest BCUT2D eigenvalue weighted by Crippen LogP contribution is 2.66. The predicted molar refractivity (Wildman–Crippen MR) is 38.6 cm³/mol. The van der Waals surface area contributed by atoms with E-state index in [0.29, 0.717) is 13.0 Å². The molecule has 1 N–H and O–H groups in total. The fourth-order valence-corrected chi connectivity index (χ4v) is 2.08. The van der Waals surface area contributed by atoms with E-state index in [1.165, 1.54) is 0 Å². The van der Waals surface area contributed by atoms with Gasteiger partial charge in [0.25, 0.3) is 5.92 Å². The van der Waals surface area contributed by atoms with Gasteiger partial charge in [0.05, 0.1) is 6.61 Å². The van der Waals surface area contributed by atoms with Gasteiger partial charge in [0.2, 0.25) is 0 Å². The Morgan fingerprint density at radius 1 is 1.54 bits per heavy atom. The minimum atomic E-state index is -3.03. The molecule has 2 aliphatic rings. The number of halogens is 2. The van der Waals surface area contributed by atoms with Gasteiger partial charge in [-0.3, -0.25) is 4.79 Å². The number of rotatable bonds is 2. The summed E-state index contributed by atoms with van der Waals surface area (Å²) < 4.78 is 30.8. The number of hydrogen-bond donors (Lipinski definition) is 1. The summed E-state index contributed by atoms with van der Waals surface area (Å²) in [5.74, 6) is -4.93. The molecule has 2 unspecified atom stereocenters. The summed E-state index contributed by atoms with van der Waals surface area (Å²) >= 11 is 0. The van der Waals surface area contributed by atoms with Gasteiger partial charge in [-0.2, -0.15) is 0 Å². The zero-order valence-corrected chi connectivity index (χ0v) is 6.93. The summed E-state index contributed by atoms with van der Waals surface area (Å²) in [5, 5.41) is 8.76. The Morgan fingerprint density at radius 3 is 2.46 bits per heavy atom. The maximum atomic E-state index is 12.9. The van der Waals surface area contributed by atoms with Crippen LogP contribution in [0.1, 0.15) is 12.8 Å². The molecule has 0 aromatic rings. The van der Waals surface area contributed by atoms with Crippen molar-refractivity contribution in [1.29, 1.82) is 0 Å². The van der Waals surface area contributed by atoms with Gasteiger partial charge >= 0.3 is 5.97 Å². The lowest BCUT2D eigenvalue weighted by Gasteiger charge is -2.16. The van der Waals surface area contributed by atoms with E-state index in [2.05, 4.69) is 0 Å². The van der Waals surface area contributed by atoms with Crippen LogP contribution >= 0.6 is 0 Å². The average molecular weight is 192 g/mol. The Morgan fingerprint density at radius 2 is 2.15 bits per heavy atom. The molecule has 2 rings (SSSR count). The van der Waals surface area contributed by atoms with Crippen LogP contribution in [0.25, 0.3) is 0 Å². The summed E-state index contributed by atoms with van der Waals surface area (Å²) in [7, 11) is 0. The fourth-order valence-electron chi connectivity index (χ4n) is 2.08. The molecule has 0 aromatic carbocycles. The van der Waals surface area contributed by atoms with E-state index in [1.807, 2.05) is 0 Å². The molecule has 0 aromatic heterocycles. The van der Waals surface area contributed by atoms with E-state index < -0.39 is 29.6 Å². The van der Waals surface area contributed by atoms with Crippen LogP contribution in [0.15, 0.2) is 0 Å². The number of aliphatic carboxylic acids is 1. The minimum absolute atomic E-state index is 0.155. The third kappa shape index (κ3) is 0.995. The number of carboxylic acid groups (broad SMARTS) is 1. The Kier molecular flexibility index (Phi) is 1.64. The Labute approximate surface area is 73.7 Å². The Hall–Kier alpha value is -0.710. The molecule has 1 aliphatic carbocycles. The average Bonchev–Trinajstić information content (AvgIpc) is 2.52. The van der Waals surface area contributed by atoms with Crippen molar-refractivity contribution in [2.75, 3.05) is 13.2 Å². The molecule has 5 heteroatoms. The highest BCUT2D eigenvalue weighted by Gasteiger charge is 2.79. The SMILES string of the molecule is O=C(O)C1(C2CCOC2)CC1(F)F. The topological polar surface area (TPSA) is 46.5 Å². The van der Waals surface area contributed by atoms with Crippen LogP contribution < -0.4 is 0 Å². The van der Waals surface area contributed by atoms with E-state index >= 15 is 0 Å². The smallest absolute Gasteiger partial charge is 0.316 e. The quantitative estimate of drug-likeness (QED) is 0.713. The first-order chi connectivity index (χ1) is 6.01. The molecule has 0 spiro atoms. The first-order valence-electron chi connectivity index (χ1n) is 4.20. The van der Waals surface area contributed by atoms with Crippen molar-refractivity contribution in [3.63, 3.8) is 0 Å². The predicted octanol–water partition coefficient (Wildman–Crippen LogP) is 1.13. The fraction of sp³-hybridized carbons (Fsp3) is 0.875. The van der Waals surface area contributed by atoms with Crippen molar-refractivity contribution in [2.45, 2.75) is 18.8 Å². The Bertz CT molecular complexity index is 248. The first kappa shape index (κ1) is 8.87. The molecular weight excluding hydrogens is 182 g/mol. The van der Waals surface area contributed by atoms with Gasteiger partial charge in [-0.05, 0) is 6.42 Å². The molecule has 1 saturated carbocycles. The van der Waals surface area contributed by atoms with Crippen LogP contribution in [0, 0.1) is 11.3 Å². The van der Waals surface area contributed by atoms with Gasteiger partial charge < -0.3 is 9.84 Å². The van der Waals surface area contributed by atoms with Crippen molar-refractivity contribution >= 4 is 5.97 Å². The van der Waals surface area contributed by atoms with Crippen LogP contribution in [0.4, 0.5) is 8.78 Å². The summed E-state index contributed by atoms with van der Waals surface area (Å²) in [5.41, 5.74) is -1.82. The van der Waals surface area contributed by atoms with E-state index in [1.54, 1.807) is 0 Å². The van der Waals surface area contributed by atoms with E-state index in [0.717, 1.165) is 0 Å². The molecule has 3 nitrogen and oxygen atoms in total. The number of alkyl halides is 2. The van der Waals surface area contributed by atoms with E-state index in [9.17, 15) is 13.6 Å². The number of ether oxygens (including phenoxy) is 1. The molecule has 1 heterocycles. The second-order valence-electron chi connectivity index (χ2n) is 3.72. The highest BCUT2D eigenvalue weighted by molar-refractivity contribution is 5.81. The summed E-state index contributed by atoms with van der Waals surface area (Å²) in [4.78, 5) is 10.8. The number of carbonyl (C=O) groups is 1.